The molecule has 0 rings (SSSR count). The summed E-state index contributed by atoms with van der Waals surface area (Å²) >= 11 is 0. The van der Waals surface area contributed by atoms with Gasteiger partial charge in [-0.1, -0.05) is 12.0 Å². The van der Waals surface area contributed by atoms with Crippen LogP contribution in [0.2, 0.25) is 0 Å². The number of hydrogen-bond acceptors (Lipinski definition) is 0. The minimum atomic E-state index is 0. The van der Waals surface area contributed by atoms with Crippen molar-refractivity contribution in [1.82, 2.24) is 0 Å². The summed E-state index contributed by atoms with van der Waals surface area (Å²) in [5, 5.41) is 0. The predicted molar refractivity (Wildman–Crippen MR) is 40.3 cm³/mol. The van der Waals surface area contributed by atoms with Gasteiger partial charge < -0.3 is 18.4 Å². The largest absolute Gasteiger partial charge is 1.00 e. The van der Waals surface area contributed by atoms with Gasteiger partial charge in [-0.2, -0.15) is 0 Å². The molecule has 0 amide bonds. The van der Waals surface area contributed by atoms with Gasteiger partial charge >= 0.3 is 0 Å². The van der Waals surface area contributed by atoms with Gasteiger partial charge in [-0.05, 0) is 36.7 Å². The van der Waals surface area contributed by atoms with Gasteiger partial charge in [0.2, 0.25) is 0 Å². The zero-order chi connectivity index (χ0) is 6.95. The third kappa shape index (κ3) is 10.0. The van der Waals surface area contributed by atoms with Crippen molar-refractivity contribution in [2.24, 2.45) is 0 Å². The van der Waals surface area contributed by atoms with Crippen molar-refractivity contribution < 1.29 is 18.4 Å². The highest BCUT2D eigenvalue weighted by Crippen LogP contribution is 1.62. The Morgan fingerprint density at radius 1 is 1.30 bits per heavy atom. The molecular weight excluding hydrogens is 188 g/mol. The molecule has 0 aromatic heterocycles. The molecule has 0 aromatic carbocycles. The van der Waals surface area contributed by atoms with E-state index in [1.807, 2.05) is 13.0 Å². The van der Waals surface area contributed by atoms with Crippen LogP contribution in [0.4, 0.5) is 0 Å². The minimum Gasteiger partial charge on any atom is -1.00 e. The zero-order valence-corrected chi connectivity index (χ0v) is 7.20. The molecule has 0 fully saturated rings. The number of rotatable bonds is 0. The molecular formula is C9H7Br-2. The van der Waals surface area contributed by atoms with Crippen LogP contribution >= 0.6 is 0 Å². The summed E-state index contributed by atoms with van der Waals surface area (Å²) in [5.41, 5.74) is 0. The van der Waals surface area contributed by atoms with E-state index in [4.69, 9.17) is 6.42 Å². The molecule has 0 nitrogen and oxygen atoms in total. The molecule has 0 spiro atoms. The second-order valence-corrected chi connectivity index (χ2v) is 1.16. The Labute approximate surface area is 74.0 Å². The SMILES string of the molecule is C#CC#CC#CC=CC.[Br-].[H-]. The van der Waals surface area contributed by atoms with E-state index in [2.05, 4.69) is 29.6 Å². The summed E-state index contributed by atoms with van der Waals surface area (Å²) in [6, 6.07) is 0. The molecule has 0 heterocycles. The van der Waals surface area contributed by atoms with Crippen LogP contribution < -0.4 is 17.0 Å². The second kappa shape index (κ2) is 10.8. The molecule has 0 saturated carbocycles. The van der Waals surface area contributed by atoms with Crippen LogP contribution in [0, 0.1) is 36.0 Å². The van der Waals surface area contributed by atoms with Crippen molar-refractivity contribution in [2.75, 3.05) is 0 Å². The van der Waals surface area contributed by atoms with Crippen molar-refractivity contribution in [2.45, 2.75) is 6.92 Å². The van der Waals surface area contributed by atoms with Gasteiger partial charge in [0.1, 0.15) is 0 Å². The molecule has 0 aliphatic carbocycles. The van der Waals surface area contributed by atoms with Gasteiger partial charge in [0.25, 0.3) is 0 Å². The Balaban J connectivity index is -0.000000320. The molecule has 0 aromatic rings. The molecule has 10 heavy (non-hydrogen) atoms. The maximum Gasteiger partial charge on any atom is -0.000718 e. The molecule has 0 saturated heterocycles. The van der Waals surface area contributed by atoms with E-state index in [0.29, 0.717) is 0 Å². The third-order valence-corrected chi connectivity index (χ3v) is 0.519. The van der Waals surface area contributed by atoms with E-state index in [0.717, 1.165) is 0 Å². The number of allylic oxidation sites excluding steroid dienone is 2. The maximum atomic E-state index is 4.83. The Morgan fingerprint density at radius 2 is 2.00 bits per heavy atom. The van der Waals surface area contributed by atoms with Crippen molar-refractivity contribution in [1.29, 1.82) is 0 Å². The summed E-state index contributed by atoms with van der Waals surface area (Å²) < 4.78 is 0. The highest BCUT2D eigenvalue weighted by Gasteiger charge is 1.52. The lowest BCUT2D eigenvalue weighted by atomic mass is 10.5. The van der Waals surface area contributed by atoms with Crippen LogP contribution in [0.3, 0.4) is 0 Å². The van der Waals surface area contributed by atoms with Crippen LogP contribution in [-0.4, -0.2) is 0 Å². The molecule has 0 aliphatic heterocycles. The van der Waals surface area contributed by atoms with E-state index < -0.39 is 0 Å². The molecule has 1 heteroatoms. The lowest BCUT2D eigenvalue weighted by Crippen LogP contribution is -3.00. The second-order valence-electron chi connectivity index (χ2n) is 1.16. The average molecular weight is 195 g/mol. The molecule has 0 aliphatic rings. The molecule has 0 unspecified atom stereocenters. The summed E-state index contributed by atoms with van der Waals surface area (Å²) in [6.45, 7) is 1.89. The Kier molecular flexibility index (Phi) is 12.6. The Morgan fingerprint density at radius 3 is 2.50 bits per heavy atom. The van der Waals surface area contributed by atoms with Gasteiger partial charge in [0, 0.05) is 0 Å². The fraction of sp³-hybridized carbons (Fsp3) is 0.111. The number of halogens is 1. The van der Waals surface area contributed by atoms with Gasteiger partial charge in [0.15, 0.2) is 0 Å². The smallest absolute Gasteiger partial charge is 0.000718 e. The van der Waals surface area contributed by atoms with Crippen LogP contribution in [0.5, 0.6) is 0 Å². The van der Waals surface area contributed by atoms with E-state index >= 15 is 0 Å². The topological polar surface area (TPSA) is 0 Å². The first-order valence-corrected chi connectivity index (χ1v) is 2.49. The Hall–Kier alpha value is -1.10. The average Bonchev–Trinajstić information content (AvgIpc) is 1.89. The summed E-state index contributed by atoms with van der Waals surface area (Å²) in [7, 11) is 0. The monoisotopic (exact) mass is 194 g/mol. The normalized spacial score (nSPS) is 5.60. The molecule has 52 valence electrons. The quantitative estimate of drug-likeness (QED) is 0.405. The lowest BCUT2D eigenvalue weighted by molar-refractivity contribution is -0.00000182. The van der Waals surface area contributed by atoms with E-state index in [-0.39, 0.29) is 18.4 Å². The van der Waals surface area contributed by atoms with E-state index in [1.54, 1.807) is 6.08 Å². The van der Waals surface area contributed by atoms with Crippen LogP contribution in [0.15, 0.2) is 12.2 Å². The fourth-order valence-corrected chi connectivity index (χ4v) is 0.228. The fourth-order valence-electron chi connectivity index (χ4n) is 0.228. The Bertz CT molecular complexity index is 249. The van der Waals surface area contributed by atoms with Crippen LogP contribution in [0.25, 0.3) is 0 Å². The zero-order valence-electron chi connectivity index (χ0n) is 6.61. The van der Waals surface area contributed by atoms with E-state index in [1.165, 1.54) is 0 Å². The van der Waals surface area contributed by atoms with Crippen molar-refractivity contribution in [3.05, 3.63) is 12.2 Å². The lowest BCUT2D eigenvalue weighted by Gasteiger charge is -1.57. The van der Waals surface area contributed by atoms with Gasteiger partial charge in [-0.25, -0.2) is 0 Å². The standard InChI is InChI=1S/C9H6.BrH.H/c1-3-5-7-9-8-6-4-2;;/h1,4,6H,2H3;1H;/q;;-1/p-1. The van der Waals surface area contributed by atoms with Crippen molar-refractivity contribution >= 4 is 0 Å². The molecule has 0 radical (unpaired) electrons. The highest BCUT2D eigenvalue weighted by molar-refractivity contribution is 5.36. The van der Waals surface area contributed by atoms with Gasteiger partial charge in [-0.15, -0.1) is 6.42 Å². The first kappa shape index (κ1) is 11.7. The van der Waals surface area contributed by atoms with Crippen LogP contribution in [-0.2, 0) is 0 Å². The van der Waals surface area contributed by atoms with Gasteiger partial charge in [-0.3, -0.25) is 0 Å². The molecule has 0 N–H and O–H groups in total. The van der Waals surface area contributed by atoms with Crippen LogP contribution in [0.1, 0.15) is 8.35 Å². The summed E-state index contributed by atoms with van der Waals surface area (Å²) in [4.78, 5) is 0. The summed E-state index contributed by atoms with van der Waals surface area (Å²) in [5.74, 6) is 12.2. The first-order chi connectivity index (χ1) is 4.41. The molecule has 0 bridgehead atoms. The predicted octanol–water partition coefficient (Wildman–Crippen LogP) is -1.68. The van der Waals surface area contributed by atoms with E-state index in [9.17, 15) is 0 Å². The van der Waals surface area contributed by atoms with Crippen molar-refractivity contribution in [3.8, 4) is 36.0 Å². The van der Waals surface area contributed by atoms with Crippen molar-refractivity contribution in [3.63, 3.8) is 0 Å². The molecule has 0 atom stereocenters. The van der Waals surface area contributed by atoms with Gasteiger partial charge in [0.05, 0.1) is 0 Å². The number of terminal acetylenes is 1. The first-order valence-electron chi connectivity index (χ1n) is 2.49. The maximum absolute atomic E-state index is 4.83. The third-order valence-electron chi connectivity index (χ3n) is 0.519. The number of hydrogen-bond donors (Lipinski definition) is 0. The highest BCUT2D eigenvalue weighted by atomic mass is 79.9. The summed E-state index contributed by atoms with van der Waals surface area (Å²) in [6.07, 6.45) is 8.39. The minimum absolute atomic E-state index is 0.